The summed E-state index contributed by atoms with van der Waals surface area (Å²) in [4.78, 5) is 51.7. The van der Waals surface area contributed by atoms with Crippen LogP contribution in [0.4, 0.5) is 4.79 Å². The molecule has 1 aromatic rings. The van der Waals surface area contributed by atoms with Crippen LogP contribution in [0.15, 0.2) is 24.3 Å². The molecule has 0 heterocycles. The molecule has 34 heavy (non-hydrogen) atoms. The van der Waals surface area contributed by atoms with E-state index in [-0.39, 0.29) is 5.92 Å². The predicted octanol–water partition coefficient (Wildman–Crippen LogP) is 2.68. The number of aryl methyl sites for hydroxylation is 1. The number of carbonyl (C=O) groups excluding carboxylic acids is 4. The summed E-state index contributed by atoms with van der Waals surface area (Å²) in [7, 11) is 1.20. The molecule has 1 aromatic carbocycles. The molecule has 9 heteroatoms. The van der Waals surface area contributed by atoms with E-state index in [2.05, 4.69) is 21.4 Å². The zero-order valence-corrected chi connectivity index (χ0v) is 20.9. The minimum absolute atomic E-state index is 0.313. The zero-order valence-electron chi connectivity index (χ0n) is 20.9. The molecule has 0 saturated carbocycles. The molecule has 0 fully saturated rings. The number of terminal acetylenes is 1. The summed E-state index contributed by atoms with van der Waals surface area (Å²) in [6, 6.07) is 6.96. The lowest BCUT2D eigenvalue weighted by Gasteiger charge is -2.32. The first-order chi connectivity index (χ1) is 15.8. The lowest BCUT2D eigenvalue weighted by atomic mass is 9.95. The van der Waals surface area contributed by atoms with E-state index in [0.29, 0.717) is 12.0 Å². The fourth-order valence-corrected chi connectivity index (χ4v) is 3.12. The van der Waals surface area contributed by atoms with E-state index < -0.39 is 48.1 Å². The van der Waals surface area contributed by atoms with Gasteiger partial charge < -0.3 is 20.1 Å². The van der Waals surface area contributed by atoms with Crippen LogP contribution in [0.1, 0.15) is 58.2 Å². The van der Waals surface area contributed by atoms with Gasteiger partial charge in [0.05, 0.1) is 7.11 Å². The Bertz CT molecular complexity index is 931. The summed E-state index contributed by atoms with van der Waals surface area (Å²) in [5, 5.41) is 5.06. The number of esters is 1. The maximum Gasteiger partial charge on any atom is 0.408 e. The number of ether oxygens (including phenoxy) is 2. The summed E-state index contributed by atoms with van der Waals surface area (Å²) >= 11 is 0. The van der Waals surface area contributed by atoms with Crippen LogP contribution in [0, 0.1) is 25.3 Å². The molecule has 2 N–H and O–H groups in total. The molecule has 0 aromatic heterocycles. The van der Waals surface area contributed by atoms with Gasteiger partial charge in [0.2, 0.25) is 5.91 Å². The average Bonchev–Trinajstić information content (AvgIpc) is 2.76. The molecular formula is C25H35N3O6. The highest BCUT2D eigenvalue weighted by Crippen LogP contribution is 2.24. The molecule has 0 saturated heterocycles. The van der Waals surface area contributed by atoms with Gasteiger partial charge in [-0.25, -0.2) is 4.79 Å². The Labute approximate surface area is 201 Å². The third kappa shape index (κ3) is 8.43. The van der Waals surface area contributed by atoms with Crippen LogP contribution < -0.4 is 10.6 Å². The van der Waals surface area contributed by atoms with Crippen molar-refractivity contribution in [2.75, 3.05) is 13.7 Å². The van der Waals surface area contributed by atoms with Crippen molar-refractivity contribution in [1.82, 2.24) is 15.5 Å². The molecule has 0 aliphatic carbocycles. The van der Waals surface area contributed by atoms with Crippen LogP contribution in [-0.2, 0) is 23.9 Å². The Morgan fingerprint density at radius 3 is 2.35 bits per heavy atom. The third-order valence-electron chi connectivity index (χ3n) is 5.03. The van der Waals surface area contributed by atoms with E-state index in [1.165, 1.54) is 7.11 Å². The molecule has 1 rings (SSSR count). The van der Waals surface area contributed by atoms with Crippen molar-refractivity contribution in [2.45, 2.75) is 65.6 Å². The lowest BCUT2D eigenvalue weighted by Crippen LogP contribution is -2.54. The van der Waals surface area contributed by atoms with Gasteiger partial charge in [-0.3, -0.25) is 19.3 Å². The maximum atomic E-state index is 13.6. The van der Waals surface area contributed by atoms with Crippen molar-refractivity contribution in [2.24, 2.45) is 5.92 Å². The number of benzene rings is 1. The van der Waals surface area contributed by atoms with Crippen molar-refractivity contribution >= 4 is 23.9 Å². The van der Waals surface area contributed by atoms with E-state index in [1.807, 2.05) is 19.9 Å². The Balaban J connectivity index is 3.38. The normalized spacial score (nSPS) is 13.5. The van der Waals surface area contributed by atoms with Crippen molar-refractivity contribution < 1.29 is 28.7 Å². The summed E-state index contributed by atoms with van der Waals surface area (Å²) in [6.45, 7) is 10.2. The average molecular weight is 474 g/mol. The van der Waals surface area contributed by atoms with E-state index in [9.17, 15) is 19.2 Å². The molecule has 3 unspecified atom stereocenters. The molecule has 9 nitrogen and oxygen atoms in total. The monoisotopic (exact) mass is 473 g/mol. The van der Waals surface area contributed by atoms with Crippen LogP contribution in [0.3, 0.4) is 0 Å². The quantitative estimate of drug-likeness (QED) is 0.324. The number of hydrogen-bond donors (Lipinski definition) is 2. The Hall–Kier alpha value is -3.54. The van der Waals surface area contributed by atoms with Gasteiger partial charge >= 0.3 is 12.1 Å². The fourth-order valence-electron chi connectivity index (χ4n) is 3.12. The number of alkyl carbamates (subject to hydrolysis) is 1. The second-order valence-corrected chi connectivity index (χ2v) is 8.96. The summed E-state index contributed by atoms with van der Waals surface area (Å²) in [5.74, 6) is -2.28. The van der Waals surface area contributed by atoms with Crippen molar-refractivity contribution in [3.8, 4) is 12.5 Å². The van der Waals surface area contributed by atoms with Crippen molar-refractivity contribution in [3.63, 3.8) is 0 Å². The van der Waals surface area contributed by atoms with Crippen molar-refractivity contribution in [3.05, 3.63) is 35.4 Å². The van der Waals surface area contributed by atoms with Gasteiger partial charge in [0, 0.05) is 6.04 Å². The number of rotatable bonds is 9. The molecule has 0 spiro atoms. The Morgan fingerprint density at radius 2 is 1.85 bits per heavy atom. The van der Waals surface area contributed by atoms with Crippen LogP contribution >= 0.6 is 0 Å². The van der Waals surface area contributed by atoms with Crippen LogP contribution in [-0.4, -0.2) is 54.1 Å². The number of hydrogen-bond acceptors (Lipinski definition) is 6. The van der Waals surface area contributed by atoms with Gasteiger partial charge in [0.25, 0.3) is 5.91 Å². The Kier molecular flexibility index (Phi) is 10.6. The van der Waals surface area contributed by atoms with Gasteiger partial charge in [-0.15, -0.1) is 0 Å². The molecular weight excluding hydrogens is 438 g/mol. The highest BCUT2D eigenvalue weighted by Gasteiger charge is 2.37. The number of amides is 3. The van der Waals surface area contributed by atoms with Gasteiger partial charge in [-0.05, 0) is 39.2 Å². The number of carbonyl (C=O) groups is 4. The Morgan fingerprint density at radius 1 is 1.21 bits per heavy atom. The molecule has 3 amide bonds. The van der Waals surface area contributed by atoms with E-state index in [1.54, 1.807) is 45.9 Å². The second-order valence-electron chi connectivity index (χ2n) is 8.96. The minimum atomic E-state index is -1.24. The molecule has 3 atom stereocenters. The first kappa shape index (κ1) is 28.5. The van der Waals surface area contributed by atoms with Crippen molar-refractivity contribution in [1.29, 1.82) is 0 Å². The van der Waals surface area contributed by atoms with Crippen LogP contribution in [0.2, 0.25) is 0 Å². The second kappa shape index (κ2) is 12.6. The number of nitrogens with one attached hydrogen (secondary N) is 2. The fraction of sp³-hybridized carbons (Fsp3) is 0.520. The molecule has 186 valence electrons. The van der Waals surface area contributed by atoms with E-state index >= 15 is 0 Å². The summed E-state index contributed by atoms with van der Waals surface area (Å²) in [5.41, 5.74) is 0.531. The van der Waals surface area contributed by atoms with Crippen LogP contribution in [0.25, 0.3) is 0 Å². The predicted molar refractivity (Wildman–Crippen MR) is 127 cm³/mol. The highest BCUT2D eigenvalue weighted by atomic mass is 16.6. The van der Waals surface area contributed by atoms with E-state index in [0.717, 1.165) is 10.5 Å². The highest BCUT2D eigenvalue weighted by molar-refractivity contribution is 5.94. The molecule has 0 aliphatic heterocycles. The first-order valence-corrected chi connectivity index (χ1v) is 11.0. The first-order valence-electron chi connectivity index (χ1n) is 11.0. The molecule has 0 radical (unpaired) electrons. The van der Waals surface area contributed by atoms with Crippen LogP contribution in [0.5, 0.6) is 0 Å². The summed E-state index contributed by atoms with van der Waals surface area (Å²) in [6.07, 6.45) is 5.50. The topological polar surface area (TPSA) is 114 Å². The van der Waals surface area contributed by atoms with Gasteiger partial charge in [0.15, 0.2) is 0 Å². The summed E-state index contributed by atoms with van der Waals surface area (Å²) < 4.78 is 9.88. The lowest BCUT2D eigenvalue weighted by molar-refractivity contribution is -0.143. The number of nitrogens with zero attached hydrogens (tertiary/aromatic N) is 1. The molecule has 0 bridgehead atoms. The smallest absolute Gasteiger partial charge is 0.408 e. The SMILES string of the molecule is C#CN(C(=O)C(NC(=O)OC(C)(C)C)C(C)CC)C(C(=O)NCC(=O)OC)c1cccc(C)c1. The third-order valence-corrected chi connectivity index (χ3v) is 5.03. The van der Waals surface area contributed by atoms with Gasteiger partial charge in [-0.1, -0.05) is 56.5 Å². The van der Waals surface area contributed by atoms with E-state index in [4.69, 9.17) is 11.2 Å². The number of methoxy groups -OCH3 is 1. The standard InChI is InChI=1S/C25H35N3O6/c1-9-17(4)20(27-24(32)34-25(5,6)7)23(31)28(10-2)21(18-13-11-12-16(3)14-18)22(30)26-15-19(29)33-8/h2,11-14,17,20-21H,9,15H2,1,3-8H3,(H,26,30)(H,27,32). The van der Waals surface area contributed by atoms with Gasteiger partial charge in [0.1, 0.15) is 24.2 Å². The molecule has 0 aliphatic rings. The maximum absolute atomic E-state index is 13.6. The van der Waals surface area contributed by atoms with Gasteiger partial charge in [-0.2, -0.15) is 0 Å². The minimum Gasteiger partial charge on any atom is -0.468 e. The zero-order chi connectivity index (χ0) is 26.1. The largest absolute Gasteiger partial charge is 0.468 e.